The molecule has 1 heterocycles. The fourth-order valence-electron chi connectivity index (χ4n) is 5.02. The van der Waals surface area contributed by atoms with Gasteiger partial charge in [-0.1, -0.05) is 6.07 Å². The third-order valence-electron chi connectivity index (χ3n) is 6.46. The van der Waals surface area contributed by atoms with Crippen LogP contribution in [0.4, 0.5) is 0 Å². The molecule has 1 aliphatic heterocycles. The SMILES string of the molecule is COc1cc([C@@H]2C(C(=O)OC3CCCC3)=C(C)NC3=C2C(=O)CCC3)ccc1OC(C)C. The second-order valence-electron chi connectivity index (χ2n) is 9.15. The summed E-state index contributed by atoms with van der Waals surface area (Å²) in [5.74, 6) is 0.499. The van der Waals surface area contributed by atoms with Gasteiger partial charge in [-0.05, 0) is 77.0 Å². The molecule has 1 N–H and O–H groups in total. The van der Waals surface area contributed by atoms with Crippen LogP contribution in [-0.2, 0) is 14.3 Å². The smallest absolute Gasteiger partial charge is 0.337 e. The molecule has 32 heavy (non-hydrogen) atoms. The van der Waals surface area contributed by atoms with Crippen LogP contribution in [0.5, 0.6) is 11.5 Å². The highest BCUT2D eigenvalue weighted by molar-refractivity contribution is 6.03. The molecule has 0 bridgehead atoms. The van der Waals surface area contributed by atoms with Crippen LogP contribution in [-0.4, -0.2) is 31.1 Å². The zero-order valence-electron chi connectivity index (χ0n) is 19.5. The lowest BCUT2D eigenvalue weighted by Crippen LogP contribution is -2.35. The number of ketones is 1. The van der Waals surface area contributed by atoms with E-state index in [4.69, 9.17) is 14.2 Å². The summed E-state index contributed by atoms with van der Waals surface area (Å²) < 4.78 is 17.4. The van der Waals surface area contributed by atoms with Crippen LogP contribution >= 0.6 is 0 Å². The van der Waals surface area contributed by atoms with Gasteiger partial charge >= 0.3 is 5.97 Å². The molecule has 4 rings (SSSR count). The summed E-state index contributed by atoms with van der Waals surface area (Å²) in [6.07, 6.45) is 6.03. The Morgan fingerprint density at radius 3 is 2.53 bits per heavy atom. The Morgan fingerprint density at radius 2 is 1.84 bits per heavy atom. The number of benzene rings is 1. The zero-order chi connectivity index (χ0) is 22.8. The Balaban J connectivity index is 1.77. The standard InChI is InChI=1S/C26H33NO5/c1-15(2)31-21-13-12-17(14-22(21)30-4)24-23(26(29)32-18-8-5-6-9-18)16(3)27-19-10-7-11-20(28)25(19)24/h12-15,18,24,27H,5-11H2,1-4H3/t24-/m1/s1. The first-order valence-corrected chi connectivity index (χ1v) is 11.7. The summed E-state index contributed by atoms with van der Waals surface area (Å²) in [6.45, 7) is 5.82. The molecule has 2 aliphatic carbocycles. The maximum Gasteiger partial charge on any atom is 0.337 e. The average molecular weight is 440 g/mol. The molecular formula is C26H33NO5. The fourth-order valence-corrected chi connectivity index (χ4v) is 5.02. The van der Waals surface area contributed by atoms with E-state index < -0.39 is 5.92 Å². The Labute approximate surface area is 190 Å². The first kappa shape index (κ1) is 22.4. The number of esters is 1. The highest BCUT2D eigenvalue weighted by atomic mass is 16.5. The van der Waals surface area contributed by atoms with Gasteiger partial charge in [0, 0.05) is 29.3 Å². The molecule has 0 spiro atoms. The van der Waals surface area contributed by atoms with Crippen LogP contribution in [0.2, 0.25) is 0 Å². The highest BCUT2D eigenvalue weighted by Crippen LogP contribution is 2.44. The summed E-state index contributed by atoms with van der Waals surface area (Å²) in [4.78, 5) is 26.5. The van der Waals surface area contributed by atoms with Gasteiger partial charge in [0.15, 0.2) is 17.3 Å². The average Bonchev–Trinajstić information content (AvgIpc) is 3.25. The number of methoxy groups -OCH3 is 1. The van der Waals surface area contributed by atoms with Crippen LogP contribution in [0.15, 0.2) is 40.7 Å². The van der Waals surface area contributed by atoms with Crippen molar-refractivity contribution in [3.8, 4) is 11.5 Å². The third kappa shape index (κ3) is 4.41. The Bertz CT molecular complexity index is 968. The molecule has 6 nitrogen and oxygen atoms in total. The molecule has 0 radical (unpaired) electrons. The van der Waals surface area contributed by atoms with Crippen molar-refractivity contribution in [1.82, 2.24) is 5.32 Å². The molecule has 0 unspecified atom stereocenters. The topological polar surface area (TPSA) is 73.9 Å². The Kier molecular flexibility index (Phi) is 6.58. The summed E-state index contributed by atoms with van der Waals surface area (Å²) in [6, 6.07) is 5.67. The van der Waals surface area contributed by atoms with E-state index in [2.05, 4.69) is 5.32 Å². The van der Waals surface area contributed by atoms with Crippen molar-refractivity contribution in [2.45, 2.75) is 83.8 Å². The van der Waals surface area contributed by atoms with Gasteiger partial charge in [-0.25, -0.2) is 4.79 Å². The maximum atomic E-state index is 13.4. The minimum Gasteiger partial charge on any atom is -0.493 e. The van der Waals surface area contributed by atoms with Crippen molar-refractivity contribution in [1.29, 1.82) is 0 Å². The molecule has 1 aromatic rings. The second-order valence-corrected chi connectivity index (χ2v) is 9.15. The van der Waals surface area contributed by atoms with Gasteiger partial charge in [0.1, 0.15) is 6.10 Å². The predicted molar refractivity (Wildman–Crippen MR) is 122 cm³/mol. The van der Waals surface area contributed by atoms with Crippen molar-refractivity contribution < 1.29 is 23.8 Å². The minimum atomic E-state index is -0.477. The summed E-state index contributed by atoms with van der Waals surface area (Å²) in [5.41, 5.74) is 3.71. The lowest BCUT2D eigenvalue weighted by molar-refractivity contribution is -0.144. The molecule has 1 atom stereocenters. The third-order valence-corrected chi connectivity index (χ3v) is 6.46. The number of carbonyl (C=O) groups excluding carboxylic acids is 2. The number of hydrogen-bond acceptors (Lipinski definition) is 6. The number of ether oxygens (including phenoxy) is 3. The summed E-state index contributed by atoms with van der Waals surface area (Å²) in [5, 5.41) is 3.35. The first-order valence-electron chi connectivity index (χ1n) is 11.7. The van der Waals surface area contributed by atoms with E-state index in [0.29, 0.717) is 29.1 Å². The largest absolute Gasteiger partial charge is 0.493 e. The van der Waals surface area contributed by atoms with Crippen LogP contribution in [0.3, 0.4) is 0 Å². The van der Waals surface area contributed by atoms with Crippen molar-refractivity contribution >= 4 is 11.8 Å². The van der Waals surface area contributed by atoms with Gasteiger partial charge in [-0.3, -0.25) is 4.79 Å². The van der Waals surface area contributed by atoms with E-state index in [-0.39, 0.29) is 24.0 Å². The normalized spacial score (nSPS) is 21.5. The molecule has 1 saturated carbocycles. The van der Waals surface area contributed by atoms with E-state index in [1.807, 2.05) is 39.0 Å². The molecule has 3 aliphatic rings. The Hall–Kier alpha value is -2.76. The Morgan fingerprint density at radius 1 is 1.09 bits per heavy atom. The molecule has 0 saturated heterocycles. The van der Waals surface area contributed by atoms with Gasteiger partial charge < -0.3 is 19.5 Å². The predicted octanol–water partition coefficient (Wildman–Crippen LogP) is 4.94. The molecule has 1 aromatic carbocycles. The molecule has 1 fully saturated rings. The van der Waals surface area contributed by atoms with Crippen LogP contribution < -0.4 is 14.8 Å². The van der Waals surface area contributed by atoms with Gasteiger partial charge in [0.25, 0.3) is 0 Å². The van der Waals surface area contributed by atoms with Crippen molar-refractivity contribution in [2.75, 3.05) is 7.11 Å². The van der Waals surface area contributed by atoms with Gasteiger partial charge in [0.2, 0.25) is 0 Å². The number of dihydropyridines is 1. The number of allylic oxidation sites excluding steroid dienone is 3. The van der Waals surface area contributed by atoms with Crippen molar-refractivity contribution in [3.63, 3.8) is 0 Å². The van der Waals surface area contributed by atoms with Gasteiger partial charge in [-0.15, -0.1) is 0 Å². The number of hydrogen-bond donors (Lipinski definition) is 1. The van der Waals surface area contributed by atoms with Gasteiger partial charge in [-0.2, -0.15) is 0 Å². The lowest BCUT2D eigenvalue weighted by atomic mass is 9.75. The van der Waals surface area contributed by atoms with Crippen molar-refractivity contribution in [3.05, 3.63) is 46.3 Å². The monoisotopic (exact) mass is 439 g/mol. The maximum absolute atomic E-state index is 13.4. The van der Waals surface area contributed by atoms with Crippen molar-refractivity contribution in [2.24, 2.45) is 0 Å². The summed E-state index contributed by atoms with van der Waals surface area (Å²) >= 11 is 0. The molecule has 0 amide bonds. The minimum absolute atomic E-state index is 0.00181. The molecule has 6 heteroatoms. The fraction of sp³-hybridized carbons (Fsp3) is 0.538. The second kappa shape index (κ2) is 9.39. The molecular weight excluding hydrogens is 406 g/mol. The number of rotatable bonds is 6. The van der Waals surface area contributed by atoms with E-state index >= 15 is 0 Å². The number of nitrogens with one attached hydrogen (secondary N) is 1. The first-order chi connectivity index (χ1) is 15.4. The number of Topliss-reactive ketones (excluding diaryl/α,β-unsaturated/α-hetero) is 1. The number of carbonyl (C=O) groups is 2. The van der Waals surface area contributed by atoms with E-state index in [1.54, 1.807) is 7.11 Å². The zero-order valence-corrected chi connectivity index (χ0v) is 19.5. The van der Waals surface area contributed by atoms with Crippen LogP contribution in [0, 0.1) is 0 Å². The quantitative estimate of drug-likeness (QED) is 0.633. The van der Waals surface area contributed by atoms with Crippen LogP contribution in [0.1, 0.15) is 77.2 Å². The molecule has 0 aromatic heterocycles. The summed E-state index contributed by atoms with van der Waals surface area (Å²) in [7, 11) is 1.60. The van der Waals surface area contributed by atoms with E-state index in [1.165, 1.54) is 0 Å². The highest BCUT2D eigenvalue weighted by Gasteiger charge is 2.40. The van der Waals surface area contributed by atoms with E-state index in [0.717, 1.165) is 55.5 Å². The van der Waals surface area contributed by atoms with Crippen LogP contribution in [0.25, 0.3) is 0 Å². The van der Waals surface area contributed by atoms with E-state index in [9.17, 15) is 9.59 Å². The molecule has 172 valence electrons. The lowest BCUT2D eigenvalue weighted by Gasteiger charge is -2.34. The van der Waals surface area contributed by atoms with Gasteiger partial charge in [0.05, 0.1) is 18.8 Å².